The van der Waals surface area contributed by atoms with Crippen molar-refractivity contribution < 1.29 is 8.42 Å². The number of aromatic nitrogens is 3. The summed E-state index contributed by atoms with van der Waals surface area (Å²) in [5.74, 6) is 1.61. The third kappa shape index (κ3) is 5.57. The fraction of sp³-hybridized carbons (Fsp3) is 0.550. The number of sulfonamides is 1. The van der Waals surface area contributed by atoms with E-state index < -0.39 is 10.0 Å². The number of hydrogen-bond acceptors (Lipinski definition) is 5. The standard InChI is InChI=1S/C20H31N7O2S/c1-3-19-25-24-16-26(19)13-10-22-20(21-2)23-15-17-8-7-9-18(14-17)30(28,29)27-11-5-4-6-12-27/h7-9,14,16H,3-6,10-13,15H2,1-2H3,(H2,21,22,23). The van der Waals surface area contributed by atoms with Crippen LogP contribution in [-0.4, -0.2) is 60.1 Å². The molecule has 2 aromatic rings. The minimum Gasteiger partial charge on any atom is -0.355 e. The van der Waals surface area contributed by atoms with Gasteiger partial charge in [-0.3, -0.25) is 4.99 Å². The maximum absolute atomic E-state index is 12.9. The summed E-state index contributed by atoms with van der Waals surface area (Å²) in [6.07, 6.45) is 5.52. The van der Waals surface area contributed by atoms with Crippen LogP contribution in [0, 0.1) is 0 Å². The number of rotatable bonds is 8. The molecular formula is C20H31N7O2S. The van der Waals surface area contributed by atoms with Crippen LogP contribution in [-0.2, 0) is 29.5 Å². The number of guanidine groups is 1. The molecule has 1 aromatic heterocycles. The number of nitrogens with one attached hydrogen (secondary N) is 2. The lowest BCUT2D eigenvalue weighted by Gasteiger charge is -2.26. The van der Waals surface area contributed by atoms with Crippen molar-refractivity contribution in [3.8, 4) is 0 Å². The lowest BCUT2D eigenvalue weighted by Crippen LogP contribution is -2.38. The summed E-state index contributed by atoms with van der Waals surface area (Å²) in [7, 11) is -1.72. The van der Waals surface area contributed by atoms with Crippen LogP contribution in [0.25, 0.3) is 0 Å². The molecule has 1 aliphatic rings. The summed E-state index contributed by atoms with van der Waals surface area (Å²) in [4.78, 5) is 4.59. The van der Waals surface area contributed by atoms with Crippen molar-refractivity contribution in [1.29, 1.82) is 0 Å². The van der Waals surface area contributed by atoms with Crippen LogP contribution < -0.4 is 10.6 Å². The summed E-state index contributed by atoms with van der Waals surface area (Å²) in [6.45, 7) is 5.15. The maximum Gasteiger partial charge on any atom is 0.243 e. The molecule has 2 heterocycles. The molecule has 9 nitrogen and oxygen atoms in total. The van der Waals surface area contributed by atoms with Gasteiger partial charge in [-0.2, -0.15) is 4.31 Å². The first kappa shape index (κ1) is 22.2. The second-order valence-corrected chi connectivity index (χ2v) is 9.20. The first-order valence-electron chi connectivity index (χ1n) is 10.4. The Hall–Kier alpha value is -2.46. The second-order valence-electron chi connectivity index (χ2n) is 7.26. The van der Waals surface area contributed by atoms with E-state index in [9.17, 15) is 8.42 Å². The van der Waals surface area contributed by atoms with Crippen molar-refractivity contribution in [1.82, 2.24) is 29.7 Å². The van der Waals surface area contributed by atoms with Crippen molar-refractivity contribution in [3.63, 3.8) is 0 Å². The molecule has 0 bridgehead atoms. The number of aliphatic imine (C=N–C) groups is 1. The molecule has 10 heteroatoms. The van der Waals surface area contributed by atoms with Crippen LogP contribution in [0.3, 0.4) is 0 Å². The molecule has 3 rings (SSSR count). The molecule has 0 unspecified atom stereocenters. The van der Waals surface area contributed by atoms with Gasteiger partial charge in [0.25, 0.3) is 0 Å². The number of piperidine rings is 1. The van der Waals surface area contributed by atoms with Gasteiger partial charge in [-0.05, 0) is 30.5 Å². The molecule has 1 aromatic carbocycles. The molecule has 164 valence electrons. The van der Waals surface area contributed by atoms with Crippen molar-refractivity contribution >= 4 is 16.0 Å². The minimum absolute atomic E-state index is 0.353. The summed E-state index contributed by atoms with van der Waals surface area (Å²) < 4.78 is 29.4. The molecule has 1 fully saturated rings. The number of nitrogens with zero attached hydrogens (tertiary/aromatic N) is 5. The average molecular weight is 434 g/mol. The topological polar surface area (TPSA) is 105 Å². The van der Waals surface area contributed by atoms with E-state index in [4.69, 9.17) is 0 Å². The van der Waals surface area contributed by atoms with Crippen molar-refractivity contribution in [3.05, 3.63) is 42.0 Å². The quantitative estimate of drug-likeness (QED) is 0.481. The molecule has 0 spiro atoms. The Labute approximate surface area is 178 Å². The van der Waals surface area contributed by atoms with Crippen LogP contribution in [0.4, 0.5) is 0 Å². The van der Waals surface area contributed by atoms with Crippen molar-refractivity contribution in [2.24, 2.45) is 4.99 Å². The predicted octanol–water partition coefficient (Wildman–Crippen LogP) is 1.38. The number of hydrogen-bond donors (Lipinski definition) is 2. The van der Waals surface area contributed by atoms with E-state index in [1.54, 1.807) is 35.9 Å². The molecule has 1 saturated heterocycles. The average Bonchev–Trinajstić information content (AvgIpc) is 3.24. The molecule has 30 heavy (non-hydrogen) atoms. The van der Waals surface area contributed by atoms with Gasteiger partial charge in [0.2, 0.25) is 10.0 Å². The molecule has 0 radical (unpaired) electrons. The molecule has 0 amide bonds. The van der Waals surface area contributed by atoms with E-state index in [1.165, 1.54) is 0 Å². The second kappa shape index (κ2) is 10.5. The van der Waals surface area contributed by atoms with Crippen molar-refractivity contribution in [2.45, 2.75) is 50.6 Å². The van der Waals surface area contributed by atoms with Crippen LogP contribution in [0.1, 0.15) is 37.6 Å². The smallest absolute Gasteiger partial charge is 0.243 e. The Morgan fingerprint density at radius 3 is 2.73 bits per heavy atom. The molecular weight excluding hydrogens is 402 g/mol. The monoisotopic (exact) mass is 433 g/mol. The highest BCUT2D eigenvalue weighted by atomic mass is 32.2. The zero-order valence-electron chi connectivity index (χ0n) is 17.7. The number of benzene rings is 1. The summed E-state index contributed by atoms with van der Waals surface area (Å²) in [5.41, 5.74) is 0.892. The van der Waals surface area contributed by atoms with Gasteiger partial charge in [0.05, 0.1) is 4.90 Å². The van der Waals surface area contributed by atoms with Crippen LogP contribution in [0.2, 0.25) is 0 Å². The highest BCUT2D eigenvalue weighted by molar-refractivity contribution is 7.89. The molecule has 0 saturated carbocycles. The molecule has 2 N–H and O–H groups in total. The summed E-state index contributed by atoms with van der Waals surface area (Å²) in [5, 5.41) is 14.5. The summed E-state index contributed by atoms with van der Waals surface area (Å²) >= 11 is 0. The molecule has 0 atom stereocenters. The number of aryl methyl sites for hydroxylation is 1. The maximum atomic E-state index is 12.9. The van der Waals surface area contributed by atoms with E-state index >= 15 is 0 Å². The van der Waals surface area contributed by atoms with E-state index in [-0.39, 0.29) is 0 Å². The van der Waals surface area contributed by atoms with Gasteiger partial charge < -0.3 is 15.2 Å². The summed E-state index contributed by atoms with van der Waals surface area (Å²) in [6, 6.07) is 7.13. The molecule has 0 aliphatic carbocycles. The largest absolute Gasteiger partial charge is 0.355 e. The lowest BCUT2D eigenvalue weighted by atomic mass is 10.2. The third-order valence-corrected chi connectivity index (χ3v) is 7.09. The first-order chi connectivity index (χ1) is 14.5. The minimum atomic E-state index is -3.43. The van der Waals surface area contributed by atoms with E-state index in [0.717, 1.165) is 43.6 Å². The Kier molecular flexibility index (Phi) is 7.81. The van der Waals surface area contributed by atoms with Gasteiger partial charge in [0.15, 0.2) is 5.96 Å². The zero-order chi connectivity index (χ0) is 21.4. The van der Waals surface area contributed by atoms with Gasteiger partial charge in [-0.15, -0.1) is 10.2 Å². The van der Waals surface area contributed by atoms with E-state index in [1.807, 2.05) is 17.6 Å². The fourth-order valence-electron chi connectivity index (χ4n) is 3.51. The highest BCUT2D eigenvalue weighted by Gasteiger charge is 2.25. The van der Waals surface area contributed by atoms with Crippen LogP contribution >= 0.6 is 0 Å². The Morgan fingerprint density at radius 2 is 2.00 bits per heavy atom. The van der Waals surface area contributed by atoms with Crippen LogP contribution in [0.5, 0.6) is 0 Å². The first-order valence-corrected chi connectivity index (χ1v) is 11.9. The van der Waals surface area contributed by atoms with E-state index in [2.05, 4.69) is 25.8 Å². The SMILES string of the molecule is CCc1nncn1CCNC(=NC)NCc1cccc(S(=O)(=O)N2CCCCC2)c1. The van der Waals surface area contributed by atoms with E-state index in [0.29, 0.717) is 37.0 Å². The van der Waals surface area contributed by atoms with Gasteiger partial charge in [0, 0.05) is 46.2 Å². The Morgan fingerprint density at radius 1 is 1.20 bits per heavy atom. The van der Waals surface area contributed by atoms with Crippen LogP contribution in [0.15, 0.2) is 40.5 Å². The third-order valence-electron chi connectivity index (χ3n) is 5.19. The lowest BCUT2D eigenvalue weighted by molar-refractivity contribution is 0.346. The van der Waals surface area contributed by atoms with Gasteiger partial charge >= 0.3 is 0 Å². The van der Waals surface area contributed by atoms with Gasteiger partial charge in [-0.25, -0.2) is 8.42 Å². The van der Waals surface area contributed by atoms with Gasteiger partial charge in [0.1, 0.15) is 12.2 Å². The predicted molar refractivity (Wildman–Crippen MR) is 117 cm³/mol. The van der Waals surface area contributed by atoms with Gasteiger partial charge in [-0.1, -0.05) is 25.5 Å². The molecule has 1 aliphatic heterocycles. The highest BCUT2D eigenvalue weighted by Crippen LogP contribution is 2.21. The Balaban J connectivity index is 1.55. The Bertz CT molecular complexity index is 950. The van der Waals surface area contributed by atoms with Crippen molar-refractivity contribution in [2.75, 3.05) is 26.7 Å². The normalized spacial score (nSPS) is 15.9. The zero-order valence-corrected chi connectivity index (χ0v) is 18.5. The fourth-order valence-corrected chi connectivity index (χ4v) is 5.10.